The largest absolute Gasteiger partial charge is 0.395 e. The molecule has 0 unspecified atom stereocenters. The van der Waals surface area contributed by atoms with Crippen molar-refractivity contribution in [2.75, 3.05) is 26.2 Å². The van der Waals surface area contributed by atoms with E-state index in [0.29, 0.717) is 23.5 Å². The molecule has 0 saturated carbocycles. The van der Waals surface area contributed by atoms with E-state index in [1.807, 2.05) is 43.3 Å². The van der Waals surface area contributed by atoms with Crippen molar-refractivity contribution in [2.24, 2.45) is 0 Å². The molecule has 1 N–H and O–H groups in total. The normalized spacial score (nSPS) is 23.1. The van der Waals surface area contributed by atoms with Gasteiger partial charge in [-0.2, -0.15) is 4.31 Å². The maximum Gasteiger partial charge on any atom is 0.243 e. The molecule has 3 atom stereocenters. The highest BCUT2D eigenvalue weighted by atomic mass is 32.2. The zero-order chi connectivity index (χ0) is 26.3. The molecular formula is C29H32F2N2O3S. The van der Waals surface area contributed by atoms with Crippen LogP contribution < -0.4 is 0 Å². The van der Waals surface area contributed by atoms with Crippen LogP contribution in [0.1, 0.15) is 35.4 Å². The summed E-state index contributed by atoms with van der Waals surface area (Å²) < 4.78 is 56.6. The van der Waals surface area contributed by atoms with Gasteiger partial charge in [0, 0.05) is 31.1 Å². The van der Waals surface area contributed by atoms with E-state index in [2.05, 4.69) is 4.90 Å². The Morgan fingerprint density at radius 3 is 2.35 bits per heavy atom. The van der Waals surface area contributed by atoms with Crippen molar-refractivity contribution >= 4 is 10.0 Å². The van der Waals surface area contributed by atoms with Crippen molar-refractivity contribution < 1.29 is 22.3 Å². The first-order valence-electron chi connectivity index (χ1n) is 12.7. The number of rotatable bonds is 5. The second-order valence-corrected chi connectivity index (χ2v) is 12.0. The van der Waals surface area contributed by atoms with Crippen LogP contribution in [0.25, 0.3) is 11.1 Å². The molecule has 0 amide bonds. The van der Waals surface area contributed by atoms with E-state index in [-0.39, 0.29) is 30.2 Å². The van der Waals surface area contributed by atoms with Crippen molar-refractivity contribution in [3.8, 4) is 11.1 Å². The van der Waals surface area contributed by atoms with E-state index in [1.165, 1.54) is 0 Å². The first-order valence-corrected chi connectivity index (χ1v) is 14.2. The molecule has 2 saturated heterocycles. The Hall–Kier alpha value is -2.65. The van der Waals surface area contributed by atoms with Crippen LogP contribution >= 0.6 is 0 Å². The summed E-state index contributed by atoms with van der Waals surface area (Å²) in [5.41, 5.74) is 3.38. The number of aryl methyl sites for hydroxylation is 1. The lowest BCUT2D eigenvalue weighted by atomic mass is 9.74. The van der Waals surface area contributed by atoms with Crippen LogP contribution in [-0.4, -0.2) is 61.1 Å². The summed E-state index contributed by atoms with van der Waals surface area (Å²) in [6.07, 6.45) is 1.62. The Morgan fingerprint density at radius 1 is 0.946 bits per heavy atom. The molecule has 5 nitrogen and oxygen atoms in total. The predicted molar refractivity (Wildman–Crippen MR) is 140 cm³/mol. The SMILES string of the molecule is Cc1ccccc1S(=O)(=O)N1CCCCN2[C@H](CO)[C@@H](c3ccc(-c4ccc(F)c(F)c4C)cc3)[C@@H]2C1. The van der Waals surface area contributed by atoms with Gasteiger partial charge in [0.05, 0.1) is 11.5 Å². The average molecular weight is 527 g/mol. The molecule has 3 aromatic rings. The number of nitrogens with zero attached hydrogens (tertiary/aromatic N) is 2. The number of fused-ring (bicyclic) bond motifs is 1. The summed E-state index contributed by atoms with van der Waals surface area (Å²) in [6.45, 7) is 4.99. The summed E-state index contributed by atoms with van der Waals surface area (Å²) in [5.74, 6) is -1.76. The molecule has 2 aliphatic heterocycles. The molecule has 0 bridgehead atoms. The van der Waals surface area contributed by atoms with Gasteiger partial charge in [-0.15, -0.1) is 0 Å². The molecule has 2 heterocycles. The van der Waals surface area contributed by atoms with Crippen molar-refractivity contribution in [3.05, 3.63) is 89.0 Å². The maximum absolute atomic E-state index is 14.1. The van der Waals surface area contributed by atoms with E-state index in [0.717, 1.165) is 42.1 Å². The highest BCUT2D eigenvalue weighted by Crippen LogP contribution is 2.43. The van der Waals surface area contributed by atoms with Gasteiger partial charge in [-0.3, -0.25) is 4.90 Å². The lowest BCUT2D eigenvalue weighted by Crippen LogP contribution is -2.67. The Balaban J connectivity index is 1.44. The van der Waals surface area contributed by atoms with Crippen LogP contribution in [0.5, 0.6) is 0 Å². The first kappa shape index (κ1) is 26.0. The van der Waals surface area contributed by atoms with Crippen LogP contribution in [0, 0.1) is 25.5 Å². The number of benzene rings is 3. The number of aliphatic hydroxyl groups excluding tert-OH is 1. The zero-order valence-corrected chi connectivity index (χ0v) is 21.9. The fraction of sp³-hybridized carbons (Fsp3) is 0.379. The lowest BCUT2D eigenvalue weighted by molar-refractivity contribution is -0.0553. The molecule has 0 aliphatic carbocycles. The van der Waals surface area contributed by atoms with Crippen LogP contribution in [0.4, 0.5) is 8.78 Å². The van der Waals surface area contributed by atoms with Crippen LogP contribution in [0.15, 0.2) is 65.6 Å². The minimum absolute atomic E-state index is 0.0181. The molecule has 0 aromatic heterocycles. The van der Waals surface area contributed by atoms with Gasteiger partial charge < -0.3 is 5.11 Å². The quantitative estimate of drug-likeness (QED) is 0.516. The number of hydrogen-bond acceptors (Lipinski definition) is 4. The Labute approximate surface area is 217 Å². The van der Waals surface area contributed by atoms with Gasteiger partial charge in [0.2, 0.25) is 10.0 Å². The Kier molecular flexibility index (Phi) is 7.20. The van der Waals surface area contributed by atoms with Crippen molar-refractivity contribution in [3.63, 3.8) is 0 Å². The minimum atomic E-state index is -3.66. The van der Waals surface area contributed by atoms with E-state index >= 15 is 0 Å². The summed E-state index contributed by atoms with van der Waals surface area (Å²) in [7, 11) is -3.66. The van der Waals surface area contributed by atoms with E-state index in [4.69, 9.17) is 0 Å². The van der Waals surface area contributed by atoms with Gasteiger partial charge >= 0.3 is 0 Å². The zero-order valence-electron chi connectivity index (χ0n) is 21.1. The highest BCUT2D eigenvalue weighted by Gasteiger charge is 2.50. The monoisotopic (exact) mass is 526 g/mol. The Bertz CT molecular complexity index is 1390. The highest BCUT2D eigenvalue weighted by molar-refractivity contribution is 7.89. The predicted octanol–water partition coefficient (Wildman–Crippen LogP) is 4.86. The third kappa shape index (κ3) is 4.61. The summed E-state index contributed by atoms with van der Waals surface area (Å²) >= 11 is 0. The molecule has 8 heteroatoms. The van der Waals surface area contributed by atoms with E-state index in [1.54, 1.807) is 29.4 Å². The van der Waals surface area contributed by atoms with Gasteiger partial charge in [0.15, 0.2) is 11.6 Å². The van der Waals surface area contributed by atoms with Gasteiger partial charge in [-0.05, 0) is 73.2 Å². The van der Waals surface area contributed by atoms with Gasteiger partial charge in [0.25, 0.3) is 0 Å². The van der Waals surface area contributed by atoms with E-state index < -0.39 is 21.7 Å². The summed E-state index contributed by atoms with van der Waals surface area (Å²) in [6, 6.07) is 17.3. The number of aliphatic hydroxyl groups is 1. The average Bonchev–Trinajstić information content (AvgIpc) is 2.87. The fourth-order valence-electron chi connectivity index (χ4n) is 5.96. The second kappa shape index (κ2) is 10.3. The van der Waals surface area contributed by atoms with Crippen LogP contribution in [-0.2, 0) is 10.0 Å². The number of hydrogen-bond donors (Lipinski definition) is 1. The lowest BCUT2D eigenvalue weighted by Gasteiger charge is -2.57. The topological polar surface area (TPSA) is 60.9 Å². The van der Waals surface area contributed by atoms with Gasteiger partial charge in [-0.1, -0.05) is 48.5 Å². The summed E-state index contributed by atoms with van der Waals surface area (Å²) in [4.78, 5) is 2.57. The smallest absolute Gasteiger partial charge is 0.243 e. The Morgan fingerprint density at radius 2 is 1.65 bits per heavy atom. The first-order chi connectivity index (χ1) is 17.7. The van der Waals surface area contributed by atoms with Crippen molar-refractivity contribution in [1.82, 2.24) is 9.21 Å². The second-order valence-electron chi connectivity index (χ2n) is 10.1. The third-order valence-electron chi connectivity index (χ3n) is 7.99. The van der Waals surface area contributed by atoms with Crippen molar-refractivity contribution in [1.29, 1.82) is 0 Å². The van der Waals surface area contributed by atoms with E-state index in [9.17, 15) is 22.3 Å². The van der Waals surface area contributed by atoms with Crippen LogP contribution in [0.3, 0.4) is 0 Å². The summed E-state index contributed by atoms with van der Waals surface area (Å²) in [5, 5.41) is 10.2. The molecular weight excluding hydrogens is 494 g/mol. The molecule has 0 spiro atoms. The van der Waals surface area contributed by atoms with Crippen LogP contribution in [0.2, 0.25) is 0 Å². The third-order valence-corrected chi connectivity index (χ3v) is 10.0. The molecule has 0 radical (unpaired) electrons. The van der Waals surface area contributed by atoms with Crippen molar-refractivity contribution in [2.45, 2.75) is 49.6 Å². The molecule has 2 aliphatic rings. The molecule has 3 aromatic carbocycles. The fourth-order valence-corrected chi connectivity index (χ4v) is 7.68. The standard InChI is InChI=1S/C29H32F2N2O3S/c1-19-7-3-4-8-27(19)37(35,36)32-15-5-6-16-33-25(17-32)28(26(33)18-34)22-11-9-21(10-12-22)23-13-14-24(30)29(31)20(23)2/h3-4,7-14,25-26,28,34H,5-6,15-18H2,1-2H3/t25-,26+,28-/m0/s1. The number of halogens is 2. The molecule has 196 valence electrons. The van der Waals surface area contributed by atoms with Gasteiger partial charge in [0.1, 0.15) is 0 Å². The minimum Gasteiger partial charge on any atom is -0.395 e. The maximum atomic E-state index is 14.1. The molecule has 37 heavy (non-hydrogen) atoms. The molecule has 2 fully saturated rings. The molecule has 5 rings (SSSR count). The van der Waals surface area contributed by atoms with Gasteiger partial charge in [-0.25, -0.2) is 17.2 Å². The number of sulfonamides is 1.